The maximum absolute atomic E-state index is 10.7. The van der Waals surface area contributed by atoms with Gasteiger partial charge in [0.05, 0.1) is 0 Å². The van der Waals surface area contributed by atoms with Crippen LogP contribution >= 0.6 is 0 Å². The molecule has 1 aromatic carbocycles. The molecule has 1 aromatic heterocycles. The summed E-state index contributed by atoms with van der Waals surface area (Å²) in [5.74, 6) is -0.539. The van der Waals surface area contributed by atoms with Gasteiger partial charge in [-0.15, -0.1) is 0 Å². The number of nitrogens with one attached hydrogen (secondary N) is 1. The molecule has 6 N–H and O–H groups in total. The summed E-state index contributed by atoms with van der Waals surface area (Å²) in [5.41, 5.74) is 13.0. The maximum atomic E-state index is 10.7. The minimum atomic E-state index is -1.02. The van der Waals surface area contributed by atoms with Crippen LogP contribution < -0.4 is 11.5 Å². The zero-order valence-corrected chi connectivity index (χ0v) is 8.60. The average Bonchev–Trinajstić information content (AvgIpc) is 2.55. The molecule has 0 spiro atoms. The highest BCUT2D eigenvalue weighted by Crippen LogP contribution is 2.24. The molecule has 5 heteroatoms. The van der Waals surface area contributed by atoms with E-state index < -0.39 is 12.0 Å². The molecule has 5 nitrogen and oxygen atoms in total. The first-order valence-corrected chi connectivity index (χ1v) is 4.93. The van der Waals surface area contributed by atoms with Crippen LogP contribution in [0.1, 0.15) is 5.56 Å². The summed E-state index contributed by atoms with van der Waals surface area (Å²) < 4.78 is 0. The summed E-state index contributed by atoms with van der Waals surface area (Å²) in [6.07, 6.45) is 0.227. The molecule has 2 rings (SSSR count). The number of carbonyl (C=O) groups is 1. The lowest BCUT2D eigenvalue weighted by Crippen LogP contribution is -2.32. The Morgan fingerprint density at radius 2 is 2.12 bits per heavy atom. The first-order chi connectivity index (χ1) is 7.59. The first kappa shape index (κ1) is 10.5. The summed E-state index contributed by atoms with van der Waals surface area (Å²) in [6, 6.07) is 6.62. The third-order valence-corrected chi connectivity index (χ3v) is 2.59. The fourth-order valence-electron chi connectivity index (χ4n) is 1.75. The second kappa shape index (κ2) is 3.86. The van der Waals surface area contributed by atoms with E-state index >= 15 is 0 Å². The Bertz CT molecular complexity index is 533. The number of carboxylic acid groups (broad SMARTS) is 1. The molecule has 2 aromatic rings. The zero-order valence-electron chi connectivity index (χ0n) is 8.60. The van der Waals surface area contributed by atoms with Crippen LogP contribution in [0.25, 0.3) is 10.9 Å². The van der Waals surface area contributed by atoms with Crippen molar-refractivity contribution in [1.29, 1.82) is 0 Å². The number of fused-ring (bicyclic) bond motifs is 1. The van der Waals surface area contributed by atoms with Crippen molar-refractivity contribution in [3.05, 3.63) is 29.8 Å². The van der Waals surface area contributed by atoms with Gasteiger partial charge >= 0.3 is 5.97 Å². The van der Waals surface area contributed by atoms with Crippen LogP contribution in [-0.4, -0.2) is 22.1 Å². The summed E-state index contributed by atoms with van der Waals surface area (Å²) in [5, 5.41) is 9.70. The lowest BCUT2D eigenvalue weighted by Gasteiger charge is -2.05. The molecular weight excluding hydrogens is 206 g/mol. The number of hydrogen-bond acceptors (Lipinski definition) is 3. The number of aromatic amines is 1. The highest BCUT2D eigenvalue weighted by molar-refractivity contribution is 5.89. The standard InChI is InChI=1S/C11H13N3O2/c12-8(11(15)16)5-7-6-3-1-2-4-9(6)14-10(7)13/h1-4,8,14H,5,12-13H2,(H,15,16)/t8-/m0/s1. The van der Waals surface area contributed by atoms with Gasteiger partial charge in [-0.3, -0.25) is 4.79 Å². The number of hydrogen-bond donors (Lipinski definition) is 4. The van der Waals surface area contributed by atoms with Gasteiger partial charge < -0.3 is 21.6 Å². The van der Waals surface area contributed by atoms with Gasteiger partial charge in [0, 0.05) is 22.9 Å². The van der Waals surface area contributed by atoms with Gasteiger partial charge in [-0.05, 0) is 6.07 Å². The number of rotatable bonds is 3. The van der Waals surface area contributed by atoms with E-state index in [1.165, 1.54) is 0 Å². The normalized spacial score (nSPS) is 12.8. The number of anilines is 1. The second-order valence-electron chi connectivity index (χ2n) is 3.71. The molecule has 0 fully saturated rings. The van der Waals surface area contributed by atoms with Crippen LogP contribution in [0.4, 0.5) is 5.82 Å². The van der Waals surface area contributed by atoms with Crippen molar-refractivity contribution in [2.24, 2.45) is 5.73 Å². The number of nitrogens with two attached hydrogens (primary N) is 2. The van der Waals surface area contributed by atoms with E-state index in [1.54, 1.807) is 0 Å². The largest absolute Gasteiger partial charge is 0.480 e. The van der Waals surface area contributed by atoms with Gasteiger partial charge in [-0.25, -0.2) is 0 Å². The van der Waals surface area contributed by atoms with Crippen molar-refractivity contribution >= 4 is 22.7 Å². The van der Waals surface area contributed by atoms with E-state index in [0.717, 1.165) is 16.5 Å². The van der Waals surface area contributed by atoms with Gasteiger partial charge in [0.2, 0.25) is 0 Å². The predicted octanol–water partition coefficient (Wildman–Crippen LogP) is 0.704. The quantitative estimate of drug-likeness (QED) is 0.609. The topological polar surface area (TPSA) is 105 Å². The number of aromatic nitrogens is 1. The van der Waals surface area contributed by atoms with Gasteiger partial charge in [0.15, 0.2) is 0 Å². The Hall–Kier alpha value is -2.01. The number of aliphatic carboxylic acids is 1. The Morgan fingerprint density at radius 3 is 2.81 bits per heavy atom. The summed E-state index contributed by atoms with van der Waals surface area (Å²) >= 11 is 0. The summed E-state index contributed by atoms with van der Waals surface area (Å²) in [7, 11) is 0. The van der Waals surface area contributed by atoms with Crippen LogP contribution in [0, 0.1) is 0 Å². The molecule has 1 heterocycles. The minimum absolute atomic E-state index is 0.227. The van der Waals surface area contributed by atoms with Crippen molar-refractivity contribution in [2.45, 2.75) is 12.5 Å². The second-order valence-corrected chi connectivity index (χ2v) is 3.71. The minimum Gasteiger partial charge on any atom is -0.480 e. The summed E-state index contributed by atoms with van der Waals surface area (Å²) in [4.78, 5) is 13.7. The van der Waals surface area contributed by atoms with Crippen LogP contribution in [0.2, 0.25) is 0 Å². The molecule has 0 aliphatic heterocycles. The molecule has 1 atom stereocenters. The summed E-state index contributed by atoms with van der Waals surface area (Å²) in [6.45, 7) is 0. The highest BCUT2D eigenvalue weighted by Gasteiger charge is 2.17. The predicted molar refractivity (Wildman–Crippen MR) is 62.0 cm³/mol. The fraction of sp³-hybridized carbons (Fsp3) is 0.182. The van der Waals surface area contributed by atoms with Crippen molar-refractivity contribution in [3.63, 3.8) is 0 Å². The molecule has 0 aliphatic carbocycles. The third-order valence-electron chi connectivity index (χ3n) is 2.59. The molecule has 84 valence electrons. The van der Waals surface area contributed by atoms with E-state index in [-0.39, 0.29) is 6.42 Å². The zero-order chi connectivity index (χ0) is 11.7. The van der Waals surface area contributed by atoms with Gasteiger partial charge in [0.25, 0.3) is 0 Å². The molecule has 0 bridgehead atoms. The Balaban J connectivity index is 2.43. The molecule has 0 radical (unpaired) electrons. The molecular formula is C11H13N3O2. The lowest BCUT2D eigenvalue weighted by atomic mass is 10.0. The number of nitrogen functional groups attached to an aromatic ring is 1. The van der Waals surface area contributed by atoms with Crippen molar-refractivity contribution < 1.29 is 9.90 Å². The van der Waals surface area contributed by atoms with Gasteiger partial charge in [0.1, 0.15) is 11.9 Å². The van der Waals surface area contributed by atoms with Crippen molar-refractivity contribution in [3.8, 4) is 0 Å². The molecule has 0 unspecified atom stereocenters. The monoisotopic (exact) mass is 219 g/mol. The van der Waals surface area contributed by atoms with Crippen LogP contribution in [0.5, 0.6) is 0 Å². The lowest BCUT2D eigenvalue weighted by molar-refractivity contribution is -0.138. The Labute approximate surface area is 92.1 Å². The number of para-hydroxylation sites is 1. The van der Waals surface area contributed by atoms with Crippen molar-refractivity contribution in [1.82, 2.24) is 4.98 Å². The van der Waals surface area contributed by atoms with Crippen LogP contribution in [0.3, 0.4) is 0 Å². The number of carboxylic acids is 1. The van der Waals surface area contributed by atoms with E-state index in [9.17, 15) is 4.79 Å². The van der Waals surface area contributed by atoms with Gasteiger partial charge in [-0.1, -0.05) is 18.2 Å². The van der Waals surface area contributed by atoms with Crippen LogP contribution in [-0.2, 0) is 11.2 Å². The SMILES string of the molecule is Nc1[nH]c2ccccc2c1C[C@H](N)C(=O)O. The first-order valence-electron chi connectivity index (χ1n) is 4.93. The molecule has 0 saturated heterocycles. The highest BCUT2D eigenvalue weighted by atomic mass is 16.4. The Morgan fingerprint density at radius 1 is 1.44 bits per heavy atom. The van der Waals surface area contributed by atoms with E-state index in [4.69, 9.17) is 16.6 Å². The molecule has 16 heavy (non-hydrogen) atoms. The van der Waals surface area contributed by atoms with E-state index in [1.807, 2.05) is 24.3 Å². The van der Waals surface area contributed by atoms with Crippen molar-refractivity contribution in [2.75, 3.05) is 5.73 Å². The van der Waals surface area contributed by atoms with Crippen LogP contribution in [0.15, 0.2) is 24.3 Å². The fourth-order valence-corrected chi connectivity index (χ4v) is 1.75. The number of H-pyrrole nitrogens is 1. The van der Waals surface area contributed by atoms with Gasteiger partial charge in [-0.2, -0.15) is 0 Å². The van der Waals surface area contributed by atoms with E-state index in [2.05, 4.69) is 4.98 Å². The van der Waals surface area contributed by atoms with E-state index in [0.29, 0.717) is 5.82 Å². The number of benzene rings is 1. The third kappa shape index (κ3) is 1.72. The average molecular weight is 219 g/mol. The maximum Gasteiger partial charge on any atom is 0.320 e. The Kier molecular flexibility index (Phi) is 2.54. The smallest absolute Gasteiger partial charge is 0.320 e. The molecule has 0 saturated carbocycles. The molecule has 0 aliphatic rings. The molecule has 0 amide bonds.